The first-order valence-corrected chi connectivity index (χ1v) is 6.70. The molecular formula is C10H15BrF3N3O2. The third kappa shape index (κ3) is 5.87. The number of alkyl halides is 4. The van der Waals surface area contributed by atoms with E-state index in [4.69, 9.17) is 4.74 Å². The van der Waals surface area contributed by atoms with Crippen molar-refractivity contribution in [1.29, 1.82) is 0 Å². The monoisotopic (exact) mass is 345 g/mol. The number of rotatable bonds is 8. The van der Waals surface area contributed by atoms with Gasteiger partial charge in [0.15, 0.2) is 0 Å². The maximum Gasteiger partial charge on any atom is 0.411 e. The fraction of sp³-hybridized carbons (Fsp3) is 0.800. The molecule has 0 saturated heterocycles. The Balaban J connectivity index is 2.50. The van der Waals surface area contributed by atoms with Crippen molar-refractivity contribution in [3.63, 3.8) is 0 Å². The lowest BCUT2D eigenvalue weighted by atomic mass is 10.4. The molecule has 0 saturated carbocycles. The van der Waals surface area contributed by atoms with Crippen molar-refractivity contribution in [2.24, 2.45) is 0 Å². The highest BCUT2D eigenvalue weighted by Crippen LogP contribution is 2.14. The molecule has 0 radical (unpaired) electrons. The van der Waals surface area contributed by atoms with Gasteiger partial charge in [-0.1, -0.05) is 15.9 Å². The van der Waals surface area contributed by atoms with Gasteiger partial charge < -0.3 is 14.0 Å². The summed E-state index contributed by atoms with van der Waals surface area (Å²) in [6.07, 6.45) is -4.02. The van der Waals surface area contributed by atoms with Crippen molar-refractivity contribution < 1.29 is 22.6 Å². The average Bonchev–Trinajstić information content (AvgIpc) is 2.73. The SMILES string of the molecule is COCCn1c(CBr)nnc1CCOCC(F)(F)F. The van der Waals surface area contributed by atoms with Gasteiger partial charge in [-0.15, -0.1) is 10.2 Å². The van der Waals surface area contributed by atoms with Crippen molar-refractivity contribution in [2.45, 2.75) is 24.5 Å². The molecule has 110 valence electrons. The van der Waals surface area contributed by atoms with Crippen LogP contribution in [0.4, 0.5) is 13.2 Å². The maximum absolute atomic E-state index is 11.9. The van der Waals surface area contributed by atoms with E-state index in [0.29, 0.717) is 30.1 Å². The molecule has 0 bridgehead atoms. The first-order chi connectivity index (χ1) is 8.98. The Hall–Kier alpha value is -0.670. The molecule has 0 amide bonds. The van der Waals surface area contributed by atoms with Crippen LogP contribution in [0.2, 0.25) is 0 Å². The fourth-order valence-electron chi connectivity index (χ4n) is 1.45. The van der Waals surface area contributed by atoms with E-state index in [1.165, 1.54) is 0 Å². The highest BCUT2D eigenvalue weighted by Gasteiger charge is 2.27. The number of ether oxygens (including phenoxy) is 2. The van der Waals surface area contributed by atoms with Gasteiger partial charge >= 0.3 is 6.18 Å². The van der Waals surface area contributed by atoms with Crippen LogP contribution in [-0.4, -0.2) is 47.9 Å². The number of aromatic nitrogens is 3. The predicted molar refractivity (Wildman–Crippen MR) is 65.1 cm³/mol. The van der Waals surface area contributed by atoms with Gasteiger partial charge in [-0.3, -0.25) is 0 Å². The predicted octanol–water partition coefficient (Wildman–Crippen LogP) is 1.94. The average molecular weight is 346 g/mol. The smallest absolute Gasteiger partial charge is 0.383 e. The van der Waals surface area contributed by atoms with Gasteiger partial charge in [0.1, 0.15) is 18.3 Å². The van der Waals surface area contributed by atoms with Gasteiger partial charge in [0, 0.05) is 20.1 Å². The second-order valence-electron chi connectivity index (χ2n) is 3.73. The van der Waals surface area contributed by atoms with E-state index < -0.39 is 12.8 Å². The van der Waals surface area contributed by atoms with Crippen LogP contribution in [0.3, 0.4) is 0 Å². The topological polar surface area (TPSA) is 49.2 Å². The third-order valence-corrected chi connectivity index (χ3v) is 2.78. The molecule has 1 heterocycles. The number of hydrogen-bond donors (Lipinski definition) is 0. The van der Waals surface area contributed by atoms with E-state index >= 15 is 0 Å². The Morgan fingerprint density at radius 2 is 1.89 bits per heavy atom. The van der Waals surface area contributed by atoms with E-state index in [2.05, 4.69) is 30.9 Å². The lowest BCUT2D eigenvalue weighted by molar-refractivity contribution is -0.173. The van der Waals surface area contributed by atoms with Crippen molar-refractivity contribution in [2.75, 3.05) is 26.9 Å². The van der Waals surface area contributed by atoms with Crippen LogP contribution < -0.4 is 0 Å². The van der Waals surface area contributed by atoms with Crippen LogP contribution in [0, 0.1) is 0 Å². The summed E-state index contributed by atoms with van der Waals surface area (Å²) in [5.74, 6) is 1.30. The number of nitrogens with zero attached hydrogens (tertiary/aromatic N) is 3. The quantitative estimate of drug-likeness (QED) is 0.533. The van der Waals surface area contributed by atoms with Gasteiger partial charge in [-0.05, 0) is 0 Å². The zero-order chi connectivity index (χ0) is 14.3. The summed E-state index contributed by atoms with van der Waals surface area (Å²) in [4.78, 5) is 0. The van der Waals surface area contributed by atoms with Gasteiger partial charge in [-0.25, -0.2) is 0 Å². The van der Waals surface area contributed by atoms with Crippen molar-refractivity contribution in [3.05, 3.63) is 11.6 Å². The minimum atomic E-state index is -4.30. The van der Waals surface area contributed by atoms with Gasteiger partial charge in [0.2, 0.25) is 0 Å². The zero-order valence-corrected chi connectivity index (χ0v) is 12.0. The molecule has 0 atom stereocenters. The summed E-state index contributed by atoms with van der Waals surface area (Å²) in [6, 6.07) is 0. The van der Waals surface area contributed by atoms with E-state index in [-0.39, 0.29) is 13.0 Å². The summed E-state index contributed by atoms with van der Waals surface area (Å²) in [7, 11) is 1.57. The van der Waals surface area contributed by atoms with Crippen molar-refractivity contribution >= 4 is 15.9 Å². The van der Waals surface area contributed by atoms with Gasteiger partial charge in [0.25, 0.3) is 0 Å². The Labute approximate surface area is 117 Å². The Bertz CT molecular complexity index is 385. The normalized spacial score (nSPS) is 12.1. The molecule has 0 spiro atoms. The number of methoxy groups -OCH3 is 1. The molecule has 0 aliphatic carbocycles. The molecule has 9 heteroatoms. The van der Waals surface area contributed by atoms with Crippen LogP contribution >= 0.6 is 15.9 Å². The molecular weight excluding hydrogens is 331 g/mol. The van der Waals surface area contributed by atoms with Crippen molar-refractivity contribution in [1.82, 2.24) is 14.8 Å². The lowest BCUT2D eigenvalue weighted by Gasteiger charge is -2.10. The van der Waals surface area contributed by atoms with E-state index in [1.807, 2.05) is 4.57 Å². The first kappa shape index (κ1) is 16.4. The van der Waals surface area contributed by atoms with Crippen LogP contribution in [-0.2, 0) is 27.8 Å². The van der Waals surface area contributed by atoms with E-state index in [9.17, 15) is 13.2 Å². The molecule has 1 aromatic heterocycles. The van der Waals surface area contributed by atoms with Gasteiger partial charge in [0.05, 0.1) is 18.5 Å². The summed E-state index contributed by atoms with van der Waals surface area (Å²) in [6.45, 7) is -0.259. The lowest BCUT2D eigenvalue weighted by Crippen LogP contribution is -2.19. The minimum Gasteiger partial charge on any atom is -0.383 e. The summed E-state index contributed by atoms with van der Waals surface area (Å²) in [5.41, 5.74) is 0. The molecule has 1 rings (SSSR count). The second kappa shape index (κ2) is 7.81. The Morgan fingerprint density at radius 1 is 1.21 bits per heavy atom. The summed E-state index contributed by atoms with van der Waals surface area (Å²) >= 11 is 3.28. The van der Waals surface area contributed by atoms with Crippen molar-refractivity contribution in [3.8, 4) is 0 Å². The Morgan fingerprint density at radius 3 is 2.47 bits per heavy atom. The number of halogens is 4. The standard InChI is InChI=1S/C10H15BrF3N3O2/c1-18-5-3-17-8(15-16-9(17)6-11)2-4-19-7-10(12,13)14/h2-7H2,1H3. The fourth-order valence-corrected chi connectivity index (χ4v) is 1.86. The van der Waals surface area contributed by atoms with Crippen LogP contribution in [0.15, 0.2) is 0 Å². The van der Waals surface area contributed by atoms with Crippen LogP contribution in [0.1, 0.15) is 11.6 Å². The molecule has 5 nitrogen and oxygen atoms in total. The van der Waals surface area contributed by atoms with Gasteiger partial charge in [-0.2, -0.15) is 13.2 Å². The Kier molecular flexibility index (Phi) is 6.73. The van der Waals surface area contributed by atoms with E-state index in [0.717, 1.165) is 0 Å². The molecule has 19 heavy (non-hydrogen) atoms. The number of hydrogen-bond acceptors (Lipinski definition) is 4. The third-order valence-electron chi connectivity index (χ3n) is 2.28. The molecule has 0 unspecified atom stereocenters. The molecule has 0 aliphatic heterocycles. The largest absolute Gasteiger partial charge is 0.411 e. The molecule has 0 fully saturated rings. The highest BCUT2D eigenvalue weighted by molar-refractivity contribution is 9.08. The highest BCUT2D eigenvalue weighted by atomic mass is 79.9. The minimum absolute atomic E-state index is 0.0487. The van der Waals surface area contributed by atoms with Crippen LogP contribution in [0.25, 0.3) is 0 Å². The summed E-state index contributed by atoms with van der Waals surface area (Å²) in [5, 5.41) is 8.41. The van der Waals surface area contributed by atoms with E-state index in [1.54, 1.807) is 7.11 Å². The molecule has 1 aromatic rings. The first-order valence-electron chi connectivity index (χ1n) is 5.58. The summed E-state index contributed by atoms with van der Waals surface area (Å²) < 4.78 is 47.1. The molecule has 0 aliphatic rings. The zero-order valence-electron chi connectivity index (χ0n) is 10.4. The second-order valence-corrected chi connectivity index (χ2v) is 4.29. The maximum atomic E-state index is 11.9. The molecule has 0 aromatic carbocycles. The molecule has 0 N–H and O–H groups in total. The van der Waals surface area contributed by atoms with Crippen LogP contribution in [0.5, 0.6) is 0 Å².